The molecule has 4 rings (SSSR count). The zero-order chi connectivity index (χ0) is 19.9. The topological polar surface area (TPSA) is 75.9 Å². The molecule has 0 saturated carbocycles. The minimum Gasteiger partial charge on any atom is -0.393 e. The molecule has 2 N–H and O–H groups in total. The van der Waals surface area contributed by atoms with Crippen LogP contribution in [0.3, 0.4) is 0 Å². The summed E-state index contributed by atoms with van der Waals surface area (Å²) in [6, 6.07) is 4.04. The highest BCUT2D eigenvalue weighted by Crippen LogP contribution is 2.30. The minimum absolute atomic E-state index is 0.159. The van der Waals surface area contributed by atoms with Crippen LogP contribution in [-0.4, -0.2) is 37.3 Å². The van der Waals surface area contributed by atoms with Crippen molar-refractivity contribution in [1.29, 1.82) is 0 Å². The van der Waals surface area contributed by atoms with Gasteiger partial charge in [0.25, 0.3) is 0 Å². The number of hydrogen-bond donors (Lipinski definition) is 2. The summed E-state index contributed by atoms with van der Waals surface area (Å²) in [5.41, 5.74) is 3.17. The Morgan fingerprint density at radius 2 is 1.83 bits per heavy atom. The first-order chi connectivity index (χ1) is 14.3. The molecule has 3 aromatic heterocycles. The van der Waals surface area contributed by atoms with E-state index in [1.165, 1.54) is 19.3 Å². The molecule has 0 aromatic carbocycles. The molecule has 0 spiro atoms. The average Bonchev–Trinajstić information content (AvgIpc) is 3.11. The summed E-state index contributed by atoms with van der Waals surface area (Å²) in [4.78, 5) is 13.7. The zero-order valence-corrected chi connectivity index (χ0v) is 17.1. The second-order valence-electron chi connectivity index (χ2n) is 8.04. The maximum atomic E-state index is 10.2. The van der Waals surface area contributed by atoms with Gasteiger partial charge in [-0.1, -0.05) is 31.7 Å². The normalized spacial score (nSPS) is 19.7. The molecule has 0 radical (unpaired) electrons. The first-order valence-electron chi connectivity index (χ1n) is 11.0. The van der Waals surface area contributed by atoms with Crippen molar-refractivity contribution >= 4 is 17.0 Å². The molecule has 1 aliphatic rings. The summed E-state index contributed by atoms with van der Waals surface area (Å²) in [5, 5.41) is 14.7. The standard InChI is InChI=1S/C23H31N5O/c29-19-10-4-2-1-3-6-13-25-23-26-16-20-21(18-9-8-12-24-15-18)17-28(22(20)27-23)14-7-5-11-19/h8-9,12,15-17,19,29H,1-7,10-11,13-14H2,(H,25,26,27). The van der Waals surface area contributed by atoms with Crippen molar-refractivity contribution in [3.05, 3.63) is 36.9 Å². The van der Waals surface area contributed by atoms with Gasteiger partial charge in [0.1, 0.15) is 5.65 Å². The Labute approximate surface area is 172 Å². The Balaban J connectivity index is 1.61. The molecule has 0 amide bonds. The minimum atomic E-state index is -0.159. The second kappa shape index (κ2) is 9.83. The van der Waals surface area contributed by atoms with Crippen molar-refractivity contribution in [3.8, 4) is 11.1 Å². The predicted molar refractivity (Wildman–Crippen MR) is 117 cm³/mol. The first kappa shape index (κ1) is 19.8. The summed E-state index contributed by atoms with van der Waals surface area (Å²) in [7, 11) is 0. The Morgan fingerprint density at radius 1 is 1.00 bits per heavy atom. The van der Waals surface area contributed by atoms with E-state index >= 15 is 0 Å². The highest BCUT2D eigenvalue weighted by Gasteiger charge is 2.14. The van der Waals surface area contributed by atoms with Crippen LogP contribution in [0.5, 0.6) is 0 Å². The lowest BCUT2D eigenvalue weighted by atomic mass is 10.0. The van der Waals surface area contributed by atoms with Crippen LogP contribution in [-0.2, 0) is 6.54 Å². The van der Waals surface area contributed by atoms with Gasteiger partial charge in [-0.15, -0.1) is 0 Å². The fraction of sp³-hybridized carbons (Fsp3) is 0.522. The van der Waals surface area contributed by atoms with Gasteiger partial charge in [-0.25, -0.2) is 4.98 Å². The van der Waals surface area contributed by atoms with Crippen LogP contribution >= 0.6 is 0 Å². The van der Waals surface area contributed by atoms with Crippen LogP contribution in [0.4, 0.5) is 5.95 Å². The van der Waals surface area contributed by atoms with Gasteiger partial charge in [-0.3, -0.25) is 4.98 Å². The molecule has 29 heavy (non-hydrogen) atoms. The highest BCUT2D eigenvalue weighted by atomic mass is 16.3. The lowest BCUT2D eigenvalue weighted by Gasteiger charge is -2.10. The summed E-state index contributed by atoms with van der Waals surface area (Å²) in [6.45, 7) is 1.78. The Bertz CT molecular complexity index is 908. The van der Waals surface area contributed by atoms with Crippen LogP contribution in [0.15, 0.2) is 36.9 Å². The van der Waals surface area contributed by atoms with Crippen LogP contribution in [0, 0.1) is 0 Å². The molecule has 3 aromatic rings. The van der Waals surface area contributed by atoms with Gasteiger partial charge in [0.15, 0.2) is 0 Å². The molecule has 6 heteroatoms. The number of nitrogens with zero attached hydrogens (tertiary/aromatic N) is 4. The highest BCUT2D eigenvalue weighted by molar-refractivity contribution is 5.93. The van der Waals surface area contributed by atoms with E-state index in [0.29, 0.717) is 5.95 Å². The van der Waals surface area contributed by atoms with Crippen LogP contribution in [0.25, 0.3) is 22.2 Å². The Kier molecular flexibility index (Phi) is 6.72. The van der Waals surface area contributed by atoms with Crippen molar-refractivity contribution in [1.82, 2.24) is 19.5 Å². The molecule has 0 aliphatic carbocycles. The molecule has 2 bridgehead atoms. The van der Waals surface area contributed by atoms with Gasteiger partial charge in [0, 0.05) is 54.4 Å². The predicted octanol–water partition coefficient (Wildman–Crippen LogP) is 4.79. The fourth-order valence-electron chi connectivity index (χ4n) is 4.12. The van der Waals surface area contributed by atoms with E-state index in [4.69, 9.17) is 4.98 Å². The first-order valence-corrected chi connectivity index (χ1v) is 11.0. The Hall–Kier alpha value is -2.47. The molecular weight excluding hydrogens is 362 g/mol. The molecule has 0 fully saturated rings. The summed E-state index contributed by atoms with van der Waals surface area (Å²) < 4.78 is 2.23. The molecule has 1 atom stereocenters. The number of aliphatic hydroxyl groups excluding tert-OH is 1. The van der Waals surface area contributed by atoms with E-state index in [9.17, 15) is 5.11 Å². The largest absolute Gasteiger partial charge is 0.393 e. The smallest absolute Gasteiger partial charge is 0.224 e. The van der Waals surface area contributed by atoms with Gasteiger partial charge in [0.2, 0.25) is 5.95 Å². The number of anilines is 1. The summed E-state index contributed by atoms with van der Waals surface area (Å²) >= 11 is 0. The van der Waals surface area contributed by atoms with Crippen LogP contribution in [0.1, 0.15) is 57.8 Å². The van der Waals surface area contributed by atoms with Crippen molar-refractivity contribution in [2.24, 2.45) is 0 Å². The van der Waals surface area contributed by atoms with Crippen molar-refractivity contribution in [2.45, 2.75) is 70.4 Å². The van der Waals surface area contributed by atoms with E-state index in [-0.39, 0.29) is 6.10 Å². The van der Waals surface area contributed by atoms with Crippen molar-refractivity contribution in [2.75, 3.05) is 11.9 Å². The average molecular weight is 394 g/mol. The van der Waals surface area contributed by atoms with E-state index in [1.807, 2.05) is 18.5 Å². The molecule has 4 heterocycles. The van der Waals surface area contributed by atoms with Gasteiger partial charge >= 0.3 is 0 Å². The van der Waals surface area contributed by atoms with Gasteiger partial charge in [-0.2, -0.15) is 4.98 Å². The lowest BCUT2D eigenvalue weighted by molar-refractivity contribution is 0.147. The summed E-state index contributed by atoms with van der Waals surface area (Å²) in [5.74, 6) is 0.703. The number of fused-ring (bicyclic) bond motifs is 1. The molecule has 1 aliphatic heterocycles. The van der Waals surface area contributed by atoms with E-state index in [0.717, 1.165) is 73.8 Å². The van der Waals surface area contributed by atoms with E-state index in [1.54, 1.807) is 6.20 Å². The van der Waals surface area contributed by atoms with Gasteiger partial charge in [-0.05, 0) is 38.2 Å². The van der Waals surface area contributed by atoms with Crippen molar-refractivity contribution < 1.29 is 5.11 Å². The number of hydrogen-bond acceptors (Lipinski definition) is 5. The Morgan fingerprint density at radius 3 is 2.69 bits per heavy atom. The molecular formula is C23H31N5O. The van der Waals surface area contributed by atoms with Crippen LogP contribution < -0.4 is 5.32 Å². The number of nitrogens with one attached hydrogen (secondary N) is 1. The number of rotatable bonds is 1. The molecule has 1 unspecified atom stereocenters. The SMILES string of the molecule is OC1CCCCCCCNc2ncc3c(-c4cccnc4)cn(c3n2)CCCC1. The van der Waals surface area contributed by atoms with Gasteiger partial charge in [0.05, 0.1) is 6.10 Å². The molecule has 154 valence electrons. The maximum absolute atomic E-state index is 10.2. The quantitative estimate of drug-likeness (QED) is 0.622. The van der Waals surface area contributed by atoms with E-state index in [2.05, 4.69) is 32.1 Å². The van der Waals surface area contributed by atoms with Crippen molar-refractivity contribution in [3.63, 3.8) is 0 Å². The fourth-order valence-corrected chi connectivity index (χ4v) is 4.12. The third-order valence-electron chi connectivity index (χ3n) is 5.77. The zero-order valence-electron chi connectivity index (χ0n) is 17.1. The second-order valence-corrected chi connectivity index (χ2v) is 8.04. The third-order valence-corrected chi connectivity index (χ3v) is 5.77. The lowest BCUT2D eigenvalue weighted by Crippen LogP contribution is -2.07. The maximum Gasteiger partial charge on any atom is 0.224 e. The number of aryl methyl sites for hydroxylation is 1. The van der Waals surface area contributed by atoms with Crippen LogP contribution in [0.2, 0.25) is 0 Å². The number of aromatic nitrogens is 4. The van der Waals surface area contributed by atoms with E-state index < -0.39 is 0 Å². The number of pyridine rings is 1. The number of aliphatic hydroxyl groups is 1. The molecule has 0 saturated heterocycles. The third kappa shape index (κ3) is 5.12. The summed E-state index contributed by atoms with van der Waals surface area (Å²) in [6.07, 6.45) is 17.4. The van der Waals surface area contributed by atoms with Gasteiger partial charge < -0.3 is 15.0 Å². The monoisotopic (exact) mass is 393 g/mol. The molecule has 6 nitrogen and oxygen atoms in total.